The summed E-state index contributed by atoms with van der Waals surface area (Å²) in [5.41, 5.74) is 2.27. The van der Waals surface area contributed by atoms with Crippen LogP contribution < -0.4 is 15.4 Å². The van der Waals surface area contributed by atoms with Gasteiger partial charge in [-0.3, -0.25) is 5.32 Å². The van der Waals surface area contributed by atoms with Crippen molar-refractivity contribution in [3.63, 3.8) is 0 Å². The van der Waals surface area contributed by atoms with E-state index in [1.165, 1.54) is 6.26 Å². The summed E-state index contributed by atoms with van der Waals surface area (Å²) in [7, 11) is 0. The second-order valence-corrected chi connectivity index (χ2v) is 4.82. The number of furan rings is 1. The molecule has 7 heteroatoms. The largest absolute Gasteiger partial charge is 0.477 e. The number of aromatic nitrogens is 2. The number of ether oxygens (including phenoxy) is 1. The molecule has 0 radical (unpaired) electrons. The van der Waals surface area contributed by atoms with Gasteiger partial charge in [0.05, 0.1) is 18.6 Å². The summed E-state index contributed by atoms with van der Waals surface area (Å²) in [5.74, 6) is 0.878. The van der Waals surface area contributed by atoms with Crippen LogP contribution in [0, 0.1) is 0 Å². The van der Waals surface area contributed by atoms with Crippen LogP contribution in [0.3, 0.4) is 0 Å². The molecule has 2 N–H and O–H groups in total. The zero-order chi connectivity index (χ0) is 16.8. The van der Waals surface area contributed by atoms with Crippen molar-refractivity contribution in [2.45, 2.75) is 6.92 Å². The molecule has 2 aromatic heterocycles. The summed E-state index contributed by atoms with van der Waals surface area (Å²) in [6.07, 6.45) is 1.49. The molecule has 0 bridgehead atoms. The van der Waals surface area contributed by atoms with Gasteiger partial charge in [-0.1, -0.05) is 12.1 Å². The Morgan fingerprint density at radius 3 is 2.54 bits per heavy atom. The molecular formula is C17H16N4O3. The van der Waals surface area contributed by atoms with Gasteiger partial charge in [-0.2, -0.15) is 0 Å². The molecule has 0 aliphatic rings. The summed E-state index contributed by atoms with van der Waals surface area (Å²) >= 11 is 0. The van der Waals surface area contributed by atoms with Crippen LogP contribution in [0.5, 0.6) is 5.88 Å². The van der Waals surface area contributed by atoms with Crippen LogP contribution in [0.1, 0.15) is 6.92 Å². The van der Waals surface area contributed by atoms with E-state index in [0.717, 1.165) is 11.3 Å². The molecule has 3 rings (SSSR count). The number of anilines is 2. The molecule has 2 amide bonds. The molecule has 0 saturated carbocycles. The minimum atomic E-state index is -0.376. The Bertz CT molecular complexity index is 784. The highest BCUT2D eigenvalue weighted by Gasteiger charge is 2.06. The third kappa shape index (κ3) is 3.89. The van der Waals surface area contributed by atoms with E-state index in [0.29, 0.717) is 24.1 Å². The first-order chi connectivity index (χ1) is 11.7. The summed E-state index contributed by atoms with van der Waals surface area (Å²) < 4.78 is 10.3. The van der Waals surface area contributed by atoms with E-state index < -0.39 is 0 Å². The number of rotatable bonds is 5. The zero-order valence-electron chi connectivity index (χ0n) is 13.0. The van der Waals surface area contributed by atoms with Gasteiger partial charge in [-0.25, -0.2) is 4.79 Å². The number of amides is 2. The zero-order valence-corrected chi connectivity index (χ0v) is 13.0. The second-order valence-electron chi connectivity index (χ2n) is 4.82. The van der Waals surface area contributed by atoms with Gasteiger partial charge in [0.2, 0.25) is 11.8 Å². The van der Waals surface area contributed by atoms with E-state index in [1.54, 1.807) is 30.3 Å². The Balaban J connectivity index is 1.63. The summed E-state index contributed by atoms with van der Waals surface area (Å²) in [5, 5.41) is 13.4. The molecule has 0 unspecified atom stereocenters. The molecule has 7 nitrogen and oxygen atoms in total. The quantitative estimate of drug-likeness (QED) is 0.745. The van der Waals surface area contributed by atoms with Crippen molar-refractivity contribution in [2.75, 3.05) is 17.2 Å². The highest BCUT2D eigenvalue weighted by Crippen LogP contribution is 2.20. The van der Waals surface area contributed by atoms with E-state index >= 15 is 0 Å². The molecule has 122 valence electrons. The number of benzene rings is 1. The van der Waals surface area contributed by atoms with Crippen molar-refractivity contribution < 1.29 is 13.9 Å². The highest BCUT2D eigenvalue weighted by atomic mass is 16.5. The molecule has 0 atom stereocenters. The Morgan fingerprint density at radius 2 is 1.92 bits per heavy atom. The van der Waals surface area contributed by atoms with Gasteiger partial charge in [0.1, 0.15) is 0 Å². The molecule has 0 spiro atoms. The first kappa shape index (κ1) is 15.5. The van der Waals surface area contributed by atoms with Gasteiger partial charge in [-0.15, -0.1) is 10.2 Å². The molecule has 0 fully saturated rings. The Kier molecular flexibility index (Phi) is 4.71. The maximum Gasteiger partial charge on any atom is 0.326 e. The van der Waals surface area contributed by atoms with Gasteiger partial charge < -0.3 is 14.5 Å². The van der Waals surface area contributed by atoms with E-state index in [1.807, 2.05) is 25.1 Å². The van der Waals surface area contributed by atoms with Crippen molar-refractivity contribution in [3.8, 4) is 17.1 Å². The van der Waals surface area contributed by atoms with Crippen LogP contribution >= 0.6 is 0 Å². The first-order valence-corrected chi connectivity index (χ1v) is 7.43. The highest BCUT2D eigenvalue weighted by molar-refractivity contribution is 5.98. The minimum absolute atomic E-state index is 0.376. The molecular weight excluding hydrogens is 308 g/mol. The van der Waals surface area contributed by atoms with Gasteiger partial charge in [-0.05, 0) is 31.2 Å². The summed E-state index contributed by atoms with van der Waals surface area (Å²) in [6, 6.07) is 13.9. The van der Waals surface area contributed by atoms with E-state index in [-0.39, 0.29) is 6.03 Å². The van der Waals surface area contributed by atoms with Crippen molar-refractivity contribution >= 4 is 17.6 Å². The average molecular weight is 324 g/mol. The summed E-state index contributed by atoms with van der Waals surface area (Å²) in [4.78, 5) is 11.8. The molecule has 0 saturated heterocycles. The van der Waals surface area contributed by atoms with Crippen molar-refractivity contribution in [1.82, 2.24) is 10.2 Å². The fraction of sp³-hybridized carbons (Fsp3) is 0.118. The van der Waals surface area contributed by atoms with E-state index in [4.69, 9.17) is 9.15 Å². The number of urea groups is 1. The third-order valence-corrected chi connectivity index (χ3v) is 3.13. The Morgan fingerprint density at radius 1 is 1.08 bits per heavy atom. The number of carbonyl (C=O) groups excluding carboxylic acids is 1. The van der Waals surface area contributed by atoms with Crippen LogP contribution in [-0.2, 0) is 0 Å². The predicted molar refractivity (Wildman–Crippen MR) is 90.0 cm³/mol. The molecule has 3 aromatic rings. The number of carbonyl (C=O) groups is 1. The fourth-order valence-electron chi connectivity index (χ4n) is 2.05. The monoisotopic (exact) mass is 324 g/mol. The van der Waals surface area contributed by atoms with Gasteiger partial charge in [0.25, 0.3) is 0 Å². The number of nitrogens with zero attached hydrogens (tertiary/aromatic N) is 2. The van der Waals surface area contributed by atoms with Crippen LogP contribution in [0.25, 0.3) is 11.3 Å². The number of hydrogen-bond acceptors (Lipinski definition) is 5. The van der Waals surface area contributed by atoms with Crippen molar-refractivity contribution in [3.05, 3.63) is 54.8 Å². The SMILES string of the molecule is CCOc1ccc(-c2ccc(NC(=O)Nc3ccco3)cc2)nn1. The lowest BCUT2D eigenvalue weighted by molar-refractivity contribution is 0.261. The molecule has 24 heavy (non-hydrogen) atoms. The maximum atomic E-state index is 11.8. The smallest absolute Gasteiger partial charge is 0.326 e. The number of nitrogens with one attached hydrogen (secondary N) is 2. The van der Waals surface area contributed by atoms with Gasteiger partial charge in [0, 0.05) is 23.4 Å². The molecule has 2 heterocycles. The number of hydrogen-bond donors (Lipinski definition) is 2. The normalized spacial score (nSPS) is 10.2. The lowest BCUT2D eigenvalue weighted by Gasteiger charge is -2.07. The summed E-state index contributed by atoms with van der Waals surface area (Å²) in [6.45, 7) is 2.44. The van der Waals surface area contributed by atoms with Crippen molar-refractivity contribution in [1.29, 1.82) is 0 Å². The Hall–Kier alpha value is -3.35. The lowest BCUT2D eigenvalue weighted by atomic mass is 10.1. The van der Waals surface area contributed by atoms with Gasteiger partial charge >= 0.3 is 6.03 Å². The van der Waals surface area contributed by atoms with Gasteiger partial charge in [0.15, 0.2) is 0 Å². The lowest BCUT2D eigenvalue weighted by Crippen LogP contribution is -2.18. The maximum absolute atomic E-state index is 11.8. The van der Waals surface area contributed by atoms with Crippen molar-refractivity contribution in [2.24, 2.45) is 0 Å². The molecule has 1 aromatic carbocycles. The second kappa shape index (κ2) is 7.28. The van der Waals surface area contributed by atoms with Crippen LogP contribution in [0.2, 0.25) is 0 Å². The average Bonchev–Trinajstić information content (AvgIpc) is 3.09. The van der Waals surface area contributed by atoms with E-state index in [2.05, 4.69) is 20.8 Å². The first-order valence-electron chi connectivity index (χ1n) is 7.43. The van der Waals surface area contributed by atoms with Crippen LogP contribution in [0.4, 0.5) is 16.4 Å². The predicted octanol–water partition coefficient (Wildman–Crippen LogP) is 3.78. The fourth-order valence-corrected chi connectivity index (χ4v) is 2.05. The molecule has 0 aliphatic heterocycles. The van der Waals surface area contributed by atoms with E-state index in [9.17, 15) is 4.79 Å². The third-order valence-electron chi connectivity index (χ3n) is 3.13. The Labute approximate surface area is 138 Å². The topological polar surface area (TPSA) is 89.3 Å². The van der Waals surface area contributed by atoms with Crippen LogP contribution in [-0.4, -0.2) is 22.8 Å². The molecule has 0 aliphatic carbocycles. The minimum Gasteiger partial charge on any atom is -0.477 e. The van der Waals surface area contributed by atoms with Crippen LogP contribution in [0.15, 0.2) is 59.2 Å². The standard InChI is InChI=1S/C17H16N4O3/c1-2-23-16-10-9-14(20-21-16)12-5-7-13(8-6-12)18-17(22)19-15-4-3-11-24-15/h3-11H,2H2,1H3,(H2,18,19,22).